The van der Waals surface area contributed by atoms with Crippen LogP contribution in [0.25, 0.3) is 0 Å². The Morgan fingerprint density at radius 3 is 2.40 bits per heavy atom. The summed E-state index contributed by atoms with van der Waals surface area (Å²) >= 11 is 11.0. The monoisotopic (exact) mass is 510 g/mol. The number of nitrogens with zero attached hydrogens (tertiary/aromatic N) is 1. The SMILES string of the molecule is CC(C(=O)NC(C)(C)C)N(Cc1ccc(Br)cc1)C(=O)CSCc1cccc(Cl)c1. The molecule has 7 heteroatoms. The van der Waals surface area contributed by atoms with Gasteiger partial charge in [-0.25, -0.2) is 0 Å². The molecule has 2 aromatic rings. The highest BCUT2D eigenvalue weighted by molar-refractivity contribution is 9.10. The molecule has 0 aromatic heterocycles. The van der Waals surface area contributed by atoms with E-state index in [9.17, 15) is 9.59 Å². The molecule has 2 amide bonds. The van der Waals surface area contributed by atoms with Crippen molar-refractivity contribution < 1.29 is 9.59 Å². The zero-order valence-corrected chi connectivity index (χ0v) is 20.9. The van der Waals surface area contributed by atoms with Crippen molar-refractivity contribution in [3.63, 3.8) is 0 Å². The van der Waals surface area contributed by atoms with E-state index < -0.39 is 6.04 Å². The Hall–Kier alpha value is -1.50. The topological polar surface area (TPSA) is 49.4 Å². The quantitative estimate of drug-likeness (QED) is 0.497. The van der Waals surface area contributed by atoms with Crippen LogP contribution in [0.5, 0.6) is 0 Å². The van der Waals surface area contributed by atoms with Crippen LogP contribution in [-0.2, 0) is 21.9 Å². The molecule has 0 spiro atoms. The Bertz CT molecular complexity index is 868. The van der Waals surface area contributed by atoms with E-state index in [1.54, 1.807) is 11.8 Å². The first-order valence-electron chi connectivity index (χ1n) is 9.73. The van der Waals surface area contributed by atoms with Crippen LogP contribution in [0.3, 0.4) is 0 Å². The van der Waals surface area contributed by atoms with Gasteiger partial charge in [-0.1, -0.05) is 51.8 Å². The Labute approximate surface area is 196 Å². The highest BCUT2D eigenvalue weighted by atomic mass is 79.9. The van der Waals surface area contributed by atoms with Crippen LogP contribution in [0.15, 0.2) is 53.0 Å². The molecule has 0 heterocycles. The third-order valence-corrected chi connectivity index (χ3v) is 6.07. The fourth-order valence-corrected chi connectivity index (χ4v) is 4.14. The number of carbonyl (C=O) groups excluding carboxylic acids is 2. The first-order valence-corrected chi connectivity index (χ1v) is 12.1. The normalized spacial score (nSPS) is 12.3. The average molecular weight is 512 g/mol. The van der Waals surface area contributed by atoms with Gasteiger partial charge in [0.2, 0.25) is 11.8 Å². The minimum atomic E-state index is -0.577. The molecule has 0 aliphatic carbocycles. The zero-order valence-electron chi connectivity index (χ0n) is 17.7. The zero-order chi connectivity index (χ0) is 22.3. The summed E-state index contributed by atoms with van der Waals surface area (Å²) in [7, 11) is 0. The molecule has 30 heavy (non-hydrogen) atoms. The maximum Gasteiger partial charge on any atom is 0.242 e. The molecule has 1 atom stereocenters. The van der Waals surface area contributed by atoms with Crippen LogP contribution in [0.2, 0.25) is 5.02 Å². The highest BCUT2D eigenvalue weighted by Crippen LogP contribution is 2.19. The lowest BCUT2D eigenvalue weighted by Crippen LogP contribution is -2.52. The van der Waals surface area contributed by atoms with Gasteiger partial charge < -0.3 is 10.2 Å². The number of hydrogen-bond acceptors (Lipinski definition) is 3. The molecule has 1 N–H and O–H groups in total. The van der Waals surface area contributed by atoms with Gasteiger partial charge in [-0.3, -0.25) is 9.59 Å². The van der Waals surface area contributed by atoms with E-state index in [0.717, 1.165) is 15.6 Å². The van der Waals surface area contributed by atoms with Crippen molar-refractivity contribution >= 4 is 51.1 Å². The summed E-state index contributed by atoms with van der Waals surface area (Å²) in [5, 5.41) is 3.66. The molecule has 162 valence electrons. The van der Waals surface area contributed by atoms with Crippen LogP contribution in [0.1, 0.15) is 38.8 Å². The summed E-state index contributed by atoms with van der Waals surface area (Å²) < 4.78 is 0.972. The van der Waals surface area contributed by atoms with E-state index in [1.807, 2.05) is 69.3 Å². The summed E-state index contributed by atoms with van der Waals surface area (Å²) in [4.78, 5) is 27.5. The van der Waals surface area contributed by atoms with Crippen LogP contribution >= 0.6 is 39.3 Å². The van der Waals surface area contributed by atoms with Crippen molar-refractivity contribution in [3.05, 3.63) is 69.2 Å². The lowest BCUT2D eigenvalue weighted by atomic mass is 10.1. The molecule has 0 radical (unpaired) electrons. The average Bonchev–Trinajstić information content (AvgIpc) is 2.65. The number of thioether (sulfide) groups is 1. The maximum absolute atomic E-state index is 13.1. The highest BCUT2D eigenvalue weighted by Gasteiger charge is 2.28. The number of rotatable bonds is 8. The van der Waals surface area contributed by atoms with Gasteiger partial charge in [-0.15, -0.1) is 11.8 Å². The van der Waals surface area contributed by atoms with Gasteiger partial charge in [-0.2, -0.15) is 0 Å². The molecular weight excluding hydrogens is 484 g/mol. The number of amides is 2. The number of hydrogen-bond donors (Lipinski definition) is 1. The Kier molecular flexibility index (Phi) is 9.26. The summed E-state index contributed by atoms with van der Waals surface area (Å²) in [6.07, 6.45) is 0. The lowest BCUT2D eigenvalue weighted by molar-refractivity contribution is -0.139. The van der Waals surface area contributed by atoms with Gasteiger partial charge in [0.15, 0.2) is 0 Å². The van der Waals surface area contributed by atoms with E-state index >= 15 is 0 Å². The number of benzene rings is 2. The van der Waals surface area contributed by atoms with E-state index in [4.69, 9.17) is 11.6 Å². The van der Waals surface area contributed by atoms with E-state index in [-0.39, 0.29) is 23.1 Å². The Morgan fingerprint density at radius 1 is 1.13 bits per heavy atom. The second kappa shape index (κ2) is 11.2. The predicted molar refractivity (Wildman–Crippen MR) is 130 cm³/mol. The summed E-state index contributed by atoms with van der Waals surface area (Å²) in [6, 6.07) is 14.8. The number of carbonyl (C=O) groups is 2. The summed E-state index contributed by atoms with van der Waals surface area (Å²) in [5.41, 5.74) is 1.68. The maximum atomic E-state index is 13.1. The van der Waals surface area contributed by atoms with Gasteiger partial charge in [0.05, 0.1) is 5.75 Å². The van der Waals surface area contributed by atoms with Crippen molar-refractivity contribution in [2.45, 2.75) is 51.6 Å². The Balaban J connectivity index is 2.09. The molecule has 4 nitrogen and oxygen atoms in total. The smallest absolute Gasteiger partial charge is 0.242 e. The minimum absolute atomic E-state index is 0.0681. The van der Waals surface area contributed by atoms with Gasteiger partial charge in [-0.05, 0) is 63.1 Å². The predicted octanol–water partition coefficient (Wildman–Crippen LogP) is 5.67. The molecule has 0 saturated carbocycles. The second-order valence-corrected chi connectivity index (χ2v) is 10.5. The van der Waals surface area contributed by atoms with Crippen molar-refractivity contribution in [1.82, 2.24) is 10.2 Å². The lowest BCUT2D eigenvalue weighted by Gasteiger charge is -2.31. The standard InChI is InChI=1S/C23H28BrClN2O2S/c1-16(22(29)26-23(2,3)4)27(13-17-8-10-19(24)11-9-17)21(28)15-30-14-18-6-5-7-20(25)12-18/h5-12,16H,13-15H2,1-4H3,(H,26,29). The third kappa shape index (κ3) is 8.32. The second-order valence-electron chi connectivity index (χ2n) is 8.19. The first-order chi connectivity index (χ1) is 14.0. The molecular formula is C23H28BrClN2O2S. The van der Waals surface area contributed by atoms with Gasteiger partial charge in [0.1, 0.15) is 6.04 Å². The molecule has 0 bridgehead atoms. The minimum Gasteiger partial charge on any atom is -0.350 e. The van der Waals surface area contributed by atoms with Crippen LogP contribution < -0.4 is 5.32 Å². The van der Waals surface area contributed by atoms with Gasteiger partial charge in [0.25, 0.3) is 0 Å². The molecule has 2 aromatic carbocycles. The summed E-state index contributed by atoms with van der Waals surface area (Å²) in [5.74, 6) is 0.742. The fraction of sp³-hybridized carbons (Fsp3) is 0.391. The molecule has 0 saturated heterocycles. The third-order valence-electron chi connectivity index (χ3n) is 4.31. The number of halogens is 2. The molecule has 0 aliphatic rings. The van der Waals surface area contributed by atoms with Gasteiger partial charge in [0, 0.05) is 27.3 Å². The van der Waals surface area contributed by atoms with E-state index in [0.29, 0.717) is 17.3 Å². The molecule has 0 aliphatic heterocycles. The van der Waals surface area contributed by atoms with E-state index in [2.05, 4.69) is 21.2 Å². The largest absolute Gasteiger partial charge is 0.350 e. The van der Waals surface area contributed by atoms with Crippen LogP contribution in [0.4, 0.5) is 0 Å². The first kappa shape index (κ1) is 24.8. The van der Waals surface area contributed by atoms with Crippen molar-refractivity contribution in [3.8, 4) is 0 Å². The number of nitrogens with one attached hydrogen (secondary N) is 1. The van der Waals surface area contributed by atoms with Crippen LogP contribution in [-0.4, -0.2) is 34.0 Å². The molecule has 1 unspecified atom stereocenters. The Morgan fingerprint density at radius 2 is 1.80 bits per heavy atom. The van der Waals surface area contributed by atoms with E-state index in [1.165, 1.54) is 11.8 Å². The van der Waals surface area contributed by atoms with Crippen molar-refractivity contribution in [2.75, 3.05) is 5.75 Å². The van der Waals surface area contributed by atoms with Crippen molar-refractivity contribution in [2.24, 2.45) is 0 Å². The van der Waals surface area contributed by atoms with Crippen LogP contribution in [0, 0.1) is 0 Å². The van der Waals surface area contributed by atoms with Gasteiger partial charge >= 0.3 is 0 Å². The molecule has 0 fully saturated rings. The summed E-state index contributed by atoms with van der Waals surface area (Å²) in [6.45, 7) is 7.94. The van der Waals surface area contributed by atoms with Crippen molar-refractivity contribution in [1.29, 1.82) is 0 Å². The molecule has 2 rings (SSSR count). The fourth-order valence-electron chi connectivity index (χ4n) is 2.81.